The summed E-state index contributed by atoms with van der Waals surface area (Å²) < 4.78 is 17.1. The van der Waals surface area contributed by atoms with Gasteiger partial charge in [0.2, 0.25) is 0 Å². The van der Waals surface area contributed by atoms with Gasteiger partial charge in [-0.1, -0.05) is 39.3 Å². The number of hydrogen-bond acceptors (Lipinski definition) is 11. The number of methoxy groups -OCH3 is 1. The minimum atomic E-state index is -1.64. The van der Waals surface area contributed by atoms with Gasteiger partial charge in [-0.2, -0.15) is 0 Å². The minimum absolute atomic E-state index is 0.0779. The maximum atomic E-state index is 13.1. The number of esters is 1. The van der Waals surface area contributed by atoms with Crippen molar-refractivity contribution in [3.63, 3.8) is 0 Å². The van der Waals surface area contributed by atoms with Gasteiger partial charge >= 0.3 is 11.9 Å². The molecule has 12 nitrogen and oxygen atoms in total. The maximum absolute atomic E-state index is 13.1. The van der Waals surface area contributed by atoms with Crippen LogP contribution >= 0.6 is 0 Å². The van der Waals surface area contributed by atoms with Gasteiger partial charge in [-0.05, 0) is 98.7 Å². The first-order chi connectivity index (χ1) is 22.8. The van der Waals surface area contributed by atoms with Crippen LogP contribution in [0.15, 0.2) is 11.6 Å². The molecule has 278 valence electrons. The van der Waals surface area contributed by atoms with Gasteiger partial charge in [-0.25, -0.2) is 0 Å². The number of rotatable bonds is 6. The van der Waals surface area contributed by atoms with E-state index in [9.17, 15) is 45.3 Å². The summed E-state index contributed by atoms with van der Waals surface area (Å²) in [5.41, 5.74) is -2.63. The molecule has 0 aromatic heterocycles. The standard InChI is InChI=1S/C37H58O12/c1-32(31(46)47-6)11-13-37(30(44)45)14-12-35(4)19(20(37)15-32)7-8-24-33(2)16-21(40)28(34(3,18-39)23(33)9-10-36(24,35)5)49-29-27(43)26(42)25(41)22(17-38)48-29/h7,20-29,38-43H,8-18H2,1-6H3,(H,44,45). The van der Waals surface area contributed by atoms with Gasteiger partial charge < -0.3 is 50.0 Å². The third-order valence-electron chi connectivity index (χ3n) is 15.7. The average Bonchev–Trinajstić information content (AvgIpc) is 3.06. The normalized spacial score (nSPS) is 54.0. The molecule has 1 saturated heterocycles. The fraction of sp³-hybridized carbons (Fsp3) is 0.892. The number of carboxylic acid groups (broad SMARTS) is 1. The number of hydrogen-bond donors (Lipinski definition) is 7. The van der Waals surface area contributed by atoms with Crippen molar-refractivity contribution in [3.8, 4) is 0 Å². The summed E-state index contributed by atoms with van der Waals surface area (Å²) in [7, 11) is 1.39. The smallest absolute Gasteiger partial charge is 0.311 e. The molecule has 1 heterocycles. The Morgan fingerprint density at radius 3 is 2.18 bits per heavy atom. The number of ether oxygens (including phenoxy) is 3. The van der Waals surface area contributed by atoms with E-state index in [1.807, 2.05) is 13.8 Å². The van der Waals surface area contributed by atoms with Crippen LogP contribution in [0.1, 0.15) is 92.4 Å². The lowest BCUT2D eigenvalue weighted by Crippen LogP contribution is -2.69. The van der Waals surface area contributed by atoms with E-state index >= 15 is 0 Å². The zero-order valence-electron chi connectivity index (χ0n) is 29.8. The molecule has 0 amide bonds. The summed E-state index contributed by atoms with van der Waals surface area (Å²) in [5, 5.41) is 74.8. The number of carboxylic acids is 1. The Hall–Kier alpha value is -1.64. The quantitative estimate of drug-likeness (QED) is 0.122. The van der Waals surface area contributed by atoms with Gasteiger partial charge in [0.15, 0.2) is 6.29 Å². The SMILES string of the molecule is COC(=O)C1(C)CCC2(C(=O)O)CCC3(C)C(=CCC4C5(C)CC(O)C(OC6OC(CO)C(O)C(O)C6O)C(C)(CO)C5CCC43C)C2C1. The Kier molecular flexibility index (Phi) is 9.26. The Morgan fingerprint density at radius 1 is 0.898 bits per heavy atom. The van der Waals surface area contributed by atoms with Gasteiger partial charge in [-0.3, -0.25) is 9.59 Å². The molecule has 0 aromatic rings. The van der Waals surface area contributed by atoms with Crippen molar-refractivity contribution in [1.82, 2.24) is 0 Å². The summed E-state index contributed by atoms with van der Waals surface area (Å²) >= 11 is 0. The van der Waals surface area contributed by atoms with Crippen molar-refractivity contribution >= 4 is 11.9 Å². The zero-order valence-corrected chi connectivity index (χ0v) is 29.8. The van der Waals surface area contributed by atoms with Crippen molar-refractivity contribution in [2.45, 2.75) is 135 Å². The first kappa shape index (κ1) is 37.1. The molecule has 1 aliphatic heterocycles. The Bertz CT molecular complexity index is 1350. The molecule has 5 aliphatic carbocycles. The molecule has 0 aromatic carbocycles. The lowest BCUT2D eigenvalue weighted by atomic mass is 9.33. The van der Waals surface area contributed by atoms with E-state index in [4.69, 9.17) is 14.2 Å². The Morgan fingerprint density at radius 2 is 1.57 bits per heavy atom. The molecule has 16 atom stereocenters. The summed E-state index contributed by atoms with van der Waals surface area (Å²) in [6.07, 6.45) is -2.17. The van der Waals surface area contributed by atoms with Crippen LogP contribution in [-0.2, 0) is 23.8 Å². The lowest BCUT2D eigenvalue weighted by molar-refractivity contribution is -0.345. The lowest BCUT2D eigenvalue weighted by Gasteiger charge is -2.71. The van der Waals surface area contributed by atoms with E-state index < -0.39 is 77.1 Å². The van der Waals surface area contributed by atoms with Crippen LogP contribution in [0.5, 0.6) is 0 Å². The van der Waals surface area contributed by atoms with Gasteiger partial charge in [0.05, 0.1) is 43.4 Å². The highest BCUT2D eigenvalue weighted by Gasteiger charge is 2.71. The summed E-state index contributed by atoms with van der Waals surface area (Å²) in [4.78, 5) is 26.1. The van der Waals surface area contributed by atoms with Crippen molar-refractivity contribution in [2.24, 2.45) is 50.2 Å². The largest absolute Gasteiger partial charge is 0.481 e. The fourth-order valence-electron chi connectivity index (χ4n) is 12.6. The molecule has 49 heavy (non-hydrogen) atoms. The van der Waals surface area contributed by atoms with Crippen LogP contribution in [0.3, 0.4) is 0 Å². The van der Waals surface area contributed by atoms with Crippen molar-refractivity contribution in [2.75, 3.05) is 20.3 Å². The van der Waals surface area contributed by atoms with Crippen molar-refractivity contribution in [3.05, 3.63) is 11.6 Å². The molecule has 6 rings (SSSR count). The summed E-state index contributed by atoms with van der Waals surface area (Å²) in [5.74, 6) is -1.43. The summed E-state index contributed by atoms with van der Waals surface area (Å²) in [6.45, 7) is 9.66. The molecule has 16 unspecified atom stereocenters. The predicted molar refractivity (Wildman–Crippen MR) is 174 cm³/mol. The van der Waals surface area contributed by atoms with Gasteiger partial charge in [-0.15, -0.1) is 0 Å². The van der Waals surface area contributed by atoms with E-state index in [1.165, 1.54) is 7.11 Å². The van der Waals surface area contributed by atoms with Crippen LogP contribution < -0.4 is 0 Å². The second kappa shape index (κ2) is 12.2. The average molecular weight is 695 g/mol. The highest BCUT2D eigenvalue weighted by Crippen LogP contribution is 2.76. The molecule has 0 spiro atoms. The maximum Gasteiger partial charge on any atom is 0.311 e. The highest BCUT2D eigenvalue weighted by atomic mass is 16.7. The molecule has 7 N–H and O–H groups in total. The molecule has 5 fully saturated rings. The second-order valence-electron chi connectivity index (χ2n) is 17.8. The number of carbonyl (C=O) groups is 2. The van der Waals surface area contributed by atoms with E-state index in [0.29, 0.717) is 51.4 Å². The molecule has 0 radical (unpaired) electrons. The van der Waals surface area contributed by atoms with Gasteiger partial charge in [0.1, 0.15) is 24.4 Å². The Balaban J connectivity index is 1.35. The van der Waals surface area contributed by atoms with Gasteiger partial charge in [0, 0.05) is 5.41 Å². The van der Waals surface area contributed by atoms with E-state index in [2.05, 4.69) is 26.8 Å². The van der Waals surface area contributed by atoms with Crippen LogP contribution in [-0.4, -0.2) is 111 Å². The fourth-order valence-corrected chi connectivity index (χ4v) is 12.6. The van der Waals surface area contributed by atoms with Crippen LogP contribution in [0.2, 0.25) is 0 Å². The second-order valence-corrected chi connectivity index (χ2v) is 17.8. The number of allylic oxidation sites excluding steroid dienone is 2. The van der Waals surface area contributed by atoms with Crippen LogP contribution in [0.4, 0.5) is 0 Å². The molecular formula is C37H58O12. The van der Waals surface area contributed by atoms with E-state index in [0.717, 1.165) is 12.0 Å². The van der Waals surface area contributed by atoms with Crippen molar-refractivity contribution < 1.29 is 59.5 Å². The monoisotopic (exact) mass is 694 g/mol. The third kappa shape index (κ3) is 4.98. The topological polar surface area (TPSA) is 203 Å². The Labute approximate surface area is 288 Å². The van der Waals surface area contributed by atoms with Crippen LogP contribution in [0.25, 0.3) is 0 Å². The van der Waals surface area contributed by atoms with Crippen LogP contribution in [0, 0.1) is 50.2 Å². The number of fused-ring (bicyclic) bond motifs is 7. The first-order valence-electron chi connectivity index (χ1n) is 18.1. The minimum Gasteiger partial charge on any atom is -0.481 e. The number of aliphatic hydroxyl groups excluding tert-OH is 6. The van der Waals surface area contributed by atoms with E-state index in [-0.39, 0.29) is 41.2 Å². The number of aliphatic hydroxyl groups is 6. The molecule has 0 bridgehead atoms. The van der Waals surface area contributed by atoms with E-state index in [1.54, 1.807) is 0 Å². The van der Waals surface area contributed by atoms with Gasteiger partial charge in [0.25, 0.3) is 0 Å². The molecule has 6 aliphatic rings. The zero-order chi connectivity index (χ0) is 36.1. The predicted octanol–water partition coefficient (Wildman–Crippen LogP) is 2.15. The van der Waals surface area contributed by atoms with Crippen molar-refractivity contribution in [1.29, 1.82) is 0 Å². The first-order valence-corrected chi connectivity index (χ1v) is 18.1. The molecular weight excluding hydrogens is 636 g/mol. The molecule has 4 saturated carbocycles. The number of aliphatic carboxylic acids is 1. The summed E-state index contributed by atoms with van der Waals surface area (Å²) in [6, 6.07) is 0. The highest BCUT2D eigenvalue weighted by molar-refractivity contribution is 5.80. The number of carbonyl (C=O) groups excluding carboxylic acids is 1. The third-order valence-corrected chi connectivity index (χ3v) is 15.7. The molecule has 12 heteroatoms.